The van der Waals surface area contributed by atoms with Gasteiger partial charge in [-0.25, -0.2) is 14.8 Å². The number of benzene rings is 1. The van der Waals surface area contributed by atoms with Crippen LogP contribution < -0.4 is 21.9 Å². The van der Waals surface area contributed by atoms with E-state index in [2.05, 4.69) is 30.6 Å². The van der Waals surface area contributed by atoms with Crippen LogP contribution in [0.25, 0.3) is 11.2 Å². The van der Waals surface area contributed by atoms with Crippen LogP contribution in [-0.4, -0.2) is 55.9 Å². The number of anilines is 2. The molecule has 12 nitrogen and oxygen atoms in total. The standard InChI is InChI=1S/C20H21BN7O5/c1-21-14(29)7-6-13(19(32)33)26-17(30)10-2-4-11(5-3-10)23-8-12-9-24-16-15(25-12)18(31)28-20(22)27-16/h2-5,9,13,23H,6-8H2,1H3,(H,26,30)(H,32,33)(H3,22,24,27,28,31). The van der Waals surface area contributed by atoms with Gasteiger partial charge in [0, 0.05) is 11.3 Å². The molecule has 1 atom stereocenters. The van der Waals surface area contributed by atoms with Crippen molar-refractivity contribution in [1.82, 2.24) is 25.3 Å². The fourth-order valence-corrected chi connectivity index (χ4v) is 2.92. The van der Waals surface area contributed by atoms with Crippen molar-refractivity contribution in [1.29, 1.82) is 0 Å². The van der Waals surface area contributed by atoms with Crippen LogP contribution in [0.2, 0.25) is 6.82 Å². The maximum atomic E-state index is 12.4. The molecule has 0 saturated heterocycles. The molecular formula is C20H21BN7O5. The van der Waals surface area contributed by atoms with Crippen LogP contribution in [0.1, 0.15) is 28.9 Å². The number of aromatic amines is 1. The third-order valence-electron chi connectivity index (χ3n) is 4.71. The second-order valence-electron chi connectivity index (χ2n) is 7.07. The lowest BCUT2D eigenvalue weighted by atomic mass is 9.74. The van der Waals surface area contributed by atoms with Gasteiger partial charge in [0.1, 0.15) is 6.04 Å². The average Bonchev–Trinajstić information content (AvgIpc) is 2.80. The summed E-state index contributed by atoms with van der Waals surface area (Å²) in [6, 6.07) is 5.18. The molecule has 3 rings (SSSR count). The van der Waals surface area contributed by atoms with Crippen molar-refractivity contribution in [2.45, 2.75) is 32.3 Å². The number of aliphatic carboxylic acids is 1. The lowest BCUT2D eigenvalue weighted by Gasteiger charge is -2.14. The summed E-state index contributed by atoms with van der Waals surface area (Å²) in [6.07, 6.45) is 1.50. The first-order valence-electron chi connectivity index (χ1n) is 9.98. The predicted octanol–water partition coefficient (Wildman–Crippen LogP) is 0.150. The second-order valence-corrected chi connectivity index (χ2v) is 7.07. The fourth-order valence-electron chi connectivity index (χ4n) is 2.92. The van der Waals surface area contributed by atoms with Gasteiger partial charge in [-0.05, 0) is 37.1 Å². The van der Waals surface area contributed by atoms with Gasteiger partial charge in [0.2, 0.25) is 5.95 Å². The molecule has 2 aromatic heterocycles. The molecule has 1 unspecified atom stereocenters. The van der Waals surface area contributed by atoms with E-state index in [0.717, 1.165) is 0 Å². The van der Waals surface area contributed by atoms with Crippen molar-refractivity contribution < 1.29 is 19.5 Å². The predicted molar refractivity (Wildman–Crippen MR) is 121 cm³/mol. The molecule has 0 aliphatic heterocycles. The summed E-state index contributed by atoms with van der Waals surface area (Å²) in [5.41, 5.74) is 6.45. The third kappa shape index (κ3) is 6.12. The molecule has 1 amide bonds. The van der Waals surface area contributed by atoms with Crippen LogP contribution in [-0.2, 0) is 16.1 Å². The molecule has 0 spiro atoms. The molecule has 13 heteroatoms. The van der Waals surface area contributed by atoms with Gasteiger partial charge in [-0.2, -0.15) is 4.98 Å². The summed E-state index contributed by atoms with van der Waals surface area (Å²) in [4.78, 5) is 61.7. The Kier molecular flexibility index (Phi) is 7.33. The van der Waals surface area contributed by atoms with Crippen LogP contribution in [0, 0.1) is 0 Å². The highest BCUT2D eigenvalue weighted by atomic mass is 16.4. The number of rotatable bonds is 10. The van der Waals surface area contributed by atoms with E-state index in [1.807, 2.05) is 0 Å². The van der Waals surface area contributed by atoms with Gasteiger partial charge in [-0.15, -0.1) is 0 Å². The van der Waals surface area contributed by atoms with Crippen molar-refractivity contribution in [3.63, 3.8) is 0 Å². The number of nitrogen functional groups attached to an aromatic ring is 1. The molecule has 0 saturated carbocycles. The number of nitrogens with one attached hydrogen (secondary N) is 3. The minimum atomic E-state index is -1.21. The smallest absolute Gasteiger partial charge is 0.326 e. The van der Waals surface area contributed by atoms with Crippen LogP contribution in [0.3, 0.4) is 0 Å². The van der Waals surface area contributed by atoms with Crippen LogP contribution in [0.15, 0.2) is 35.3 Å². The highest BCUT2D eigenvalue weighted by Gasteiger charge is 2.21. The summed E-state index contributed by atoms with van der Waals surface area (Å²) in [7, 11) is 1.36. The number of carboxylic acid groups (broad SMARTS) is 1. The van der Waals surface area contributed by atoms with Gasteiger partial charge in [0.25, 0.3) is 11.5 Å². The Morgan fingerprint density at radius 3 is 2.61 bits per heavy atom. The van der Waals surface area contributed by atoms with Gasteiger partial charge in [0.15, 0.2) is 18.4 Å². The van der Waals surface area contributed by atoms with E-state index in [-0.39, 0.29) is 47.7 Å². The van der Waals surface area contributed by atoms with Crippen molar-refractivity contribution in [2.75, 3.05) is 11.1 Å². The Morgan fingerprint density at radius 2 is 1.94 bits per heavy atom. The van der Waals surface area contributed by atoms with E-state index in [4.69, 9.17) is 5.73 Å². The van der Waals surface area contributed by atoms with Crippen LogP contribution in [0.5, 0.6) is 0 Å². The Labute approximate surface area is 188 Å². The molecule has 169 valence electrons. The average molecular weight is 450 g/mol. The van der Waals surface area contributed by atoms with Gasteiger partial charge in [0.05, 0.1) is 24.1 Å². The summed E-state index contributed by atoms with van der Waals surface area (Å²) in [5, 5.41) is 14.8. The quantitative estimate of drug-likeness (QED) is 0.266. The van der Waals surface area contributed by atoms with E-state index in [0.29, 0.717) is 11.4 Å². The molecule has 33 heavy (non-hydrogen) atoms. The van der Waals surface area contributed by atoms with Gasteiger partial charge < -0.3 is 26.3 Å². The molecule has 2 heterocycles. The summed E-state index contributed by atoms with van der Waals surface area (Å²) >= 11 is 0. The monoisotopic (exact) mass is 450 g/mol. The van der Waals surface area contributed by atoms with E-state index in [1.54, 1.807) is 19.0 Å². The Balaban J connectivity index is 1.61. The molecule has 0 bridgehead atoms. The molecule has 3 aromatic rings. The first-order chi connectivity index (χ1) is 15.8. The minimum Gasteiger partial charge on any atom is -0.480 e. The number of carbonyl (C=O) groups excluding carboxylic acids is 2. The van der Waals surface area contributed by atoms with E-state index >= 15 is 0 Å². The minimum absolute atomic E-state index is 0.00161. The van der Waals surface area contributed by atoms with Crippen molar-refractivity contribution >= 4 is 47.6 Å². The highest BCUT2D eigenvalue weighted by molar-refractivity contribution is 6.72. The van der Waals surface area contributed by atoms with E-state index < -0.39 is 23.5 Å². The van der Waals surface area contributed by atoms with Crippen LogP contribution in [0.4, 0.5) is 11.6 Å². The molecular weight excluding hydrogens is 429 g/mol. The van der Waals surface area contributed by atoms with E-state index in [9.17, 15) is 24.3 Å². The zero-order valence-corrected chi connectivity index (χ0v) is 17.7. The number of hydrogen-bond donors (Lipinski definition) is 5. The summed E-state index contributed by atoms with van der Waals surface area (Å²) < 4.78 is 0. The van der Waals surface area contributed by atoms with Gasteiger partial charge in [-0.3, -0.25) is 14.6 Å². The molecule has 0 aliphatic rings. The number of fused-ring (bicyclic) bond motifs is 1. The Bertz CT molecular complexity index is 1250. The Hall–Kier alpha value is -4.29. The SMILES string of the molecule is C[B]C(=O)CCC(NC(=O)c1ccc(NCc2cnc3nc(N)[nH]c(=O)c3n2)cc1)C(=O)O. The number of carbonyl (C=O) groups is 3. The zero-order valence-electron chi connectivity index (χ0n) is 17.7. The normalized spacial score (nSPS) is 11.5. The maximum Gasteiger partial charge on any atom is 0.326 e. The molecule has 1 radical (unpaired) electrons. The molecule has 1 aromatic carbocycles. The number of nitrogens with zero attached hydrogens (tertiary/aromatic N) is 3. The molecule has 0 aliphatic carbocycles. The number of hydrogen-bond acceptors (Lipinski definition) is 9. The van der Waals surface area contributed by atoms with Crippen molar-refractivity contribution in [3.8, 4) is 0 Å². The number of nitrogens with two attached hydrogens (primary N) is 1. The summed E-state index contributed by atoms with van der Waals surface area (Å²) in [5.74, 6) is -1.81. The molecule has 6 N–H and O–H groups in total. The zero-order chi connectivity index (χ0) is 24.0. The van der Waals surface area contributed by atoms with E-state index in [1.165, 1.54) is 25.6 Å². The lowest BCUT2D eigenvalue weighted by molar-refractivity contribution is -0.139. The number of aromatic nitrogens is 4. The number of H-pyrrole nitrogens is 1. The maximum absolute atomic E-state index is 12.4. The number of amides is 1. The van der Waals surface area contributed by atoms with Gasteiger partial charge >= 0.3 is 5.97 Å². The Morgan fingerprint density at radius 1 is 1.21 bits per heavy atom. The van der Waals surface area contributed by atoms with Gasteiger partial charge in [-0.1, -0.05) is 6.82 Å². The number of carboxylic acids is 1. The van der Waals surface area contributed by atoms with Crippen LogP contribution >= 0.6 is 0 Å². The van der Waals surface area contributed by atoms with Crippen molar-refractivity contribution in [3.05, 3.63) is 52.1 Å². The first-order valence-corrected chi connectivity index (χ1v) is 9.98. The topological polar surface area (TPSA) is 193 Å². The second kappa shape index (κ2) is 10.4. The first kappa shape index (κ1) is 23.4. The molecule has 0 fully saturated rings. The fraction of sp³-hybridized carbons (Fsp3) is 0.250. The lowest BCUT2D eigenvalue weighted by Crippen LogP contribution is -2.41. The third-order valence-corrected chi connectivity index (χ3v) is 4.71. The summed E-state index contributed by atoms with van der Waals surface area (Å²) in [6.45, 7) is 1.83. The highest BCUT2D eigenvalue weighted by Crippen LogP contribution is 2.12. The largest absolute Gasteiger partial charge is 0.480 e. The van der Waals surface area contributed by atoms with Crippen molar-refractivity contribution in [2.24, 2.45) is 0 Å².